The monoisotopic (exact) mass is 305 g/mol. The number of rotatable bonds is 3. The van der Waals surface area contributed by atoms with E-state index < -0.39 is 22.9 Å². The second-order valence-electron chi connectivity index (χ2n) is 4.79. The van der Waals surface area contributed by atoms with Gasteiger partial charge in [-0.1, -0.05) is 6.92 Å². The van der Waals surface area contributed by atoms with E-state index in [0.29, 0.717) is 17.8 Å². The van der Waals surface area contributed by atoms with E-state index in [9.17, 15) is 19.1 Å². The molecule has 2 rings (SSSR count). The third-order valence-corrected chi connectivity index (χ3v) is 3.35. The molecule has 0 radical (unpaired) electrons. The third-order valence-electron chi connectivity index (χ3n) is 3.35. The maximum Gasteiger partial charge on any atom is 0.333 e. The Morgan fingerprint density at radius 2 is 1.77 bits per heavy atom. The molecule has 0 unspecified atom stereocenters. The van der Waals surface area contributed by atoms with Crippen LogP contribution in [0, 0.1) is 5.82 Å². The first kappa shape index (κ1) is 15.7. The number of hydrogen-bond donors (Lipinski definition) is 1. The molecule has 1 aromatic carbocycles. The molecule has 0 saturated heterocycles. The van der Waals surface area contributed by atoms with Crippen molar-refractivity contribution in [2.24, 2.45) is 19.1 Å². The van der Waals surface area contributed by atoms with Crippen molar-refractivity contribution in [3.8, 4) is 5.88 Å². The maximum absolute atomic E-state index is 12.9. The fourth-order valence-electron chi connectivity index (χ4n) is 2.07. The first-order valence-electron chi connectivity index (χ1n) is 6.69. The Balaban J connectivity index is 2.70. The molecule has 116 valence electrons. The van der Waals surface area contributed by atoms with Crippen LogP contribution in [-0.2, 0) is 14.1 Å². The summed E-state index contributed by atoms with van der Waals surface area (Å²) in [7, 11) is 2.70. The van der Waals surface area contributed by atoms with Gasteiger partial charge in [-0.05, 0) is 30.7 Å². The molecule has 0 aliphatic carbocycles. The molecule has 7 heteroatoms. The Kier molecular flexibility index (Phi) is 4.25. The molecular weight excluding hydrogens is 289 g/mol. The van der Waals surface area contributed by atoms with E-state index in [1.165, 1.54) is 38.4 Å². The van der Waals surface area contributed by atoms with Gasteiger partial charge in [-0.2, -0.15) is 0 Å². The summed E-state index contributed by atoms with van der Waals surface area (Å²) >= 11 is 0. The minimum atomic E-state index is -0.622. The SMILES string of the molecule is CCC(=Nc1ccc(F)cc1)c1c(O)n(C)c(=O)n(C)c1=O. The lowest BCUT2D eigenvalue weighted by atomic mass is 10.1. The molecular formula is C15H16FN3O3. The Labute approximate surface area is 125 Å². The lowest BCUT2D eigenvalue weighted by Gasteiger charge is -2.11. The highest BCUT2D eigenvalue weighted by Gasteiger charge is 2.19. The van der Waals surface area contributed by atoms with Crippen LogP contribution in [0.25, 0.3) is 0 Å². The summed E-state index contributed by atoms with van der Waals surface area (Å²) in [6.45, 7) is 1.77. The number of benzene rings is 1. The summed E-state index contributed by atoms with van der Waals surface area (Å²) in [5.41, 5.74) is -0.503. The summed E-state index contributed by atoms with van der Waals surface area (Å²) in [4.78, 5) is 28.3. The van der Waals surface area contributed by atoms with Crippen LogP contribution in [0.1, 0.15) is 18.9 Å². The zero-order valence-corrected chi connectivity index (χ0v) is 12.5. The van der Waals surface area contributed by atoms with Crippen LogP contribution in [0.4, 0.5) is 10.1 Å². The highest BCUT2D eigenvalue weighted by Crippen LogP contribution is 2.18. The van der Waals surface area contributed by atoms with Gasteiger partial charge in [0.2, 0.25) is 5.88 Å². The second kappa shape index (κ2) is 5.97. The fraction of sp³-hybridized carbons (Fsp3) is 0.267. The quantitative estimate of drug-likeness (QED) is 0.872. The Hall–Kier alpha value is -2.70. The van der Waals surface area contributed by atoms with Gasteiger partial charge in [0.25, 0.3) is 5.56 Å². The van der Waals surface area contributed by atoms with Gasteiger partial charge in [-0.3, -0.25) is 18.9 Å². The molecule has 0 saturated carbocycles. The average Bonchev–Trinajstić information content (AvgIpc) is 2.52. The van der Waals surface area contributed by atoms with E-state index in [0.717, 1.165) is 9.13 Å². The van der Waals surface area contributed by atoms with Gasteiger partial charge in [0, 0.05) is 14.1 Å². The number of nitrogens with zero attached hydrogens (tertiary/aromatic N) is 3. The van der Waals surface area contributed by atoms with Crippen LogP contribution in [0.3, 0.4) is 0 Å². The van der Waals surface area contributed by atoms with Crippen molar-refractivity contribution in [3.63, 3.8) is 0 Å². The molecule has 1 N–H and O–H groups in total. The molecule has 0 amide bonds. The molecule has 1 aromatic heterocycles. The molecule has 1 heterocycles. The standard InChI is InChI=1S/C15H16FN3O3/c1-4-11(17-10-7-5-9(16)6-8-10)12-13(20)18(2)15(22)19(3)14(12)21/h5-8,20H,4H2,1-3H3. The highest BCUT2D eigenvalue weighted by molar-refractivity contribution is 6.03. The van der Waals surface area contributed by atoms with Gasteiger partial charge in [0.15, 0.2) is 0 Å². The van der Waals surface area contributed by atoms with Crippen molar-refractivity contribution in [1.82, 2.24) is 9.13 Å². The zero-order valence-electron chi connectivity index (χ0n) is 12.5. The van der Waals surface area contributed by atoms with E-state index >= 15 is 0 Å². The van der Waals surface area contributed by atoms with Crippen molar-refractivity contribution >= 4 is 11.4 Å². The first-order valence-corrected chi connectivity index (χ1v) is 6.69. The van der Waals surface area contributed by atoms with Crippen LogP contribution in [0.5, 0.6) is 5.88 Å². The van der Waals surface area contributed by atoms with Crippen LogP contribution >= 0.6 is 0 Å². The van der Waals surface area contributed by atoms with Gasteiger partial charge < -0.3 is 5.11 Å². The van der Waals surface area contributed by atoms with Crippen molar-refractivity contribution in [3.05, 3.63) is 56.5 Å². The van der Waals surface area contributed by atoms with Crippen molar-refractivity contribution in [2.75, 3.05) is 0 Å². The lowest BCUT2D eigenvalue weighted by Crippen LogP contribution is -2.40. The molecule has 0 aliphatic heterocycles. The number of aromatic nitrogens is 2. The second-order valence-corrected chi connectivity index (χ2v) is 4.79. The summed E-state index contributed by atoms with van der Waals surface area (Å²) in [6.07, 6.45) is 0.360. The number of hydrogen-bond acceptors (Lipinski definition) is 4. The van der Waals surface area contributed by atoms with E-state index in [1.807, 2.05) is 0 Å². The van der Waals surface area contributed by atoms with Crippen molar-refractivity contribution in [2.45, 2.75) is 13.3 Å². The van der Waals surface area contributed by atoms with Crippen LogP contribution in [-0.4, -0.2) is 20.0 Å². The number of halogens is 1. The van der Waals surface area contributed by atoms with Gasteiger partial charge in [-0.15, -0.1) is 0 Å². The Bertz CT molecular complexity index is 848. The summed E-state index contributed by atoms with van der Waals surface area (Å²) < 4.78 is 14.8. The average molecular weight is 305 g/mol. The molecule has 0 bridgehead atoms. The topological polar surface area (TPSA) is 76.6 Å². The number of aliphatic imine (C=N–C) groups is 1. The largest absolute Gasteiger partial charge is 0.494 e. The third kappa shape index (κ3) is 2.69. The molecule has 0 fully saturated rings. The first-order chi connectivity index (χ1) is 10.4. The summed E-state index contributed by atoms with van der Waals surface area (Å²) in [5, 5.41) is 10.1. The Morgan fingerprint density at radius 1 is 1.18 bits per heavy atom. The van der Waals surface area contributed by atoms with Crippen molar-refractivity contribution in [1.29, 1.82) is 0 Å². The van der Waals surface area contributed by atoms with Gasteiger partial charge >= 0.3 is 5.69 Å². The zero-order chi connectivity index (χ0) is 16.4. The molecule has 0 aliphatic rings. The van der Waals surface area contributed by atoms with Gasteiger partial charge in [-0.25, -0.2) is 9.18 Å². The molecule has 0 spiro atoms. The molecule has 0 atom stereocenters. The number of aromatic hydroxyl groups is 1. The van der Waals surface area contributed by atoms with Crippen LogP contribution in [0.2, 0.25) is 0 Å². The predicted octanol–water partition coefficient (Wildman–Crippen LogP) is 1.46. The Morgan fingerprint density at radius 3 is 2.32 bits per heavy atom. The minimum absolute atomic E-state index is 0.0311. The normalized spacial score (nSPS) is 11.7. The predicted molar refractivity (Wildman–Crippen MR) is 81.5 cm³/mol. The summed E-state index contributed by atoms with van der Waals surface area (Å²) in [5.74, 6) is -0.825. The van der Waals surface area contributed by atoms with E-state index in [2.05, 4.69) is 4.99 Å². The highest BCUT2D eigenvalue weighted by atomic mass is 19.1. The van der Waals surface area contributed by atoms with E-state index in [4.69, 9.17) is 0 Å². The van der Waals surface area contributed by atoms with Gasteiger partial charge in [0.05, 0.1) is 11.4 Å². The molecule has 22 heavy (non-hydrogen) atoms. The maximum atomic E-state index is 12.9. The lowest BCUT2D eigenvalue weighted by molar-refractivity contribution is 0.410. The molecule has 6 nitrogen and oxygen atoms in total. The van der Waals surface area contributed by atoms with Crippen molar-refractivity contribution < 1.29 is 9.50 Å². The van der Waals surface area contributed by atoms with E-state index in [-0.39, 0.29) is 5.56 Å². The molecule has 2 aromatic rings. The van der Waals surface area contributed by atoms with E-state index in [1.54, 1.807) is 6.92 Å². The minimum Gasteiger partial charge on any atom is -0.494 e. The van der Waals surface area contributed by atoms with Crippen LogP contribution in [0.15, 0.2) is 38.8 Å². The fourth-order valence-corrected chi connectivity index (χ4v) is 2.07. The van der Waals surface area contributed by atoms with Crippen LogP contribution < -0.4 is 11.2 Å². The summed E-state index contributed by atoms with van der Waals surface area (Å²) in [6, 6.07) is 5.44. The van der Waals surface area contributed by atoms with Gasteiger partial charge in [0.1, 0.15) is 11.4 Å². The smallest absolute Gasteiger partial charge is 0.333 e.